The van der Waals surface area contributed by atoms with E-state index in [4.69, 9.17) is 16.1 Å². The molecule has 0 radical (unpaired) electrons. The van der Waals surface area contributed by atoms with Gasteiger partial charge in [-0.25, -0.2) is 8.42 Å². The summed E-state index contributed by atoms with van der Waals surface area (Å²) in [5, 5.41) is 3.33. The van der Waals surface area contributed by atoms with Crippen LogP contribution in [0.3, 0.4) is 0 Å². The maximum absolute atomic E-state index is 13.2. The Bertz CT molecular complexity index is 943. The van der Waals surface area contributed by atoms with Crippen molar-refractivity contribution in [3.05, 3.63) is 40.5 Å². The number of rotatable bonds is 6. The Balaban J connectivity index is 2.49. The number of alkyl halides is 3. The molecule has 0 saturated carbocycles. The zero-order chi connectivity index (χ0) is 21.4. The van der Waals surface area contributed by atoms with E-state index in [9.17, 15) is 21.6 Å². The lowest BCUT2D eigenvalue weighted by atomic mass is 10.2. The SMILES string of the molecule is CC(C)c1nc([C@H](C)N(C(C)C)S(=O)(=O)c2ccc(C(F)(F)F)cc2Cl)no1. The second kappa shape index (κ2) is 8.00. The van der Waals surface area contributed by atoms with Crippen LogP contribution in [0.1, 0.15) is 63.9 Å². The van der Waals surface area contributed by atoms with Crippen LogP contribution < -0.4 is 0 Å². The Morgan fingerprint density at radius 3 is 2.18 bits per heavy atom. The molecule has 0 N–H and O–H groups in total. The van der Waals surface area contributed by atoms with Crippen LogP contribution in [0.5, 0.6) is 0 Å². The molecule has 0 bridgehead atoms. The Labute approximate surface area is 166 Å². The van der Waals surface area contributed by atoms with E-state index in [-0.39, 0.29) is 11.7 Å². The third-order valence-electron chi connectivity index (χ3n) is 4.03. The predicted octanol–water partition coefficient (Wildman–Crippen LogP) is 5.03. The number of hydrogen-bond acceptors (Lipinski definition) is 5. The van der Waals surface area contributed by atoms with Gasteiger partial charge in [0.2, 0.25) is 15.9 Å². The highest BCUT2D eigenvalue weighted by Crippen LogP contribution is 2.36. The molecule has 1 heterocycles. The van der Waals surface area contributed by atoms with Crippen molar-refractivity contribution in [2.24, 2.45) is 0 Å². The average molecular weight is 440 g/mol. The minimum absolute atomic E-state index is 0.0399. The molecular formula is C17H21ClF3N3O3S. The van der Waals surface area contributed by atoms with Crippen molar-refractivity contribution in [3.63, 3.8) is 0 Å². The van der Waals surface area contributed by atoms with E-state index in [0.717, 1.165) is 10.4 Å². The van der Waals surface area contributed by atoms with Gasteiger partial charge in [-0.2, -0.15) is 22.5 Å². The molecule has 156 valence electrons. The van der Waals surface area contributed by atoms with Crippen LogP contribution in [-0.2, 0) is 16.2 Å². The molecule has 0 spiro atoms. The topological polar surface area (TPSA) is 76.3 Å². The van der Waals surface area contributed by atoms with Gasteiger partial charge in [0.1, 0.15) is 4.90 Å². The van der Waals surface area contributed by atoms with Gasteiger partial charge in [-0.1, -0.05) is 30.6 Å². The average Bonchev–Trinajstić information content (AvgIpc) is 3.03. The lowest BCUT2D eigenvalue weighted by Gasteiger charge is -2.30. The minimum atomic E-state index is -4.63. The zero-order valence-corrected chi connectivity index (χ0v) is 17.5. The fourth-order valence-corrected chi connectivity index (χ4v) is 5.01. The lowest BCUT2D eigenvalue weighted by molar-refractivity contribution is -0.137. The molecule has 2 aromatic rings. The van der Waals surface area contributed by atoms with Crippen molar-refractivity contribution < 1.29 is 26.1 Å². The predicted molar refractivity (Wildman–Crippen MR) is 97.4 cm³/mol. The summed E-state index contributed by atoms with van der Waals surface area (Å²) in [4.78, 5) is 3.80. The number of benzene rings is 1. The van der Waals surface area contributed by atoms with Crippen LogP contribution in [-0.4, -0.2) is 28.9 Å². The molecular weight excluding hydrogens is 419 g/mol. The highest BCUT2D eigenvalue weighted by Gasteiger charge is 2.37. The van der Waals surface area contributed by atoms with Crippen molar-refractivity contribution in [3.8, 4) is 0 Å². The van der Waals surface area contributed by atoms with Crippen LogP contribution >= 0.6 is 11.6 Å². The Morgan fingerprint density at radius 1 is 1.14 bits per heavy atom. The second-order valence-corrected chi connectivity index (χ2v) is 9.11. The van der Waals surface area contributed by atoms with Gasteiger partial charge in [0.25, 0.3) is 0 Å². The molecule has 2 rings (SSSR count). The first kappa shape index (κ1) is 22.6. The maximum atomic E-state index is 13.2. The fraction of sp³-hybridized carbons (Fsp3) is 0.529. The van der Waals surface area contributed by atoms with Crippen LogP contribution in [0.2, 0.25) is 5.02 Å². The first-order valence-electron chi connectivity index (χ1n) is 8.50. The number of aromatic nitrogens is 2. The molecule has 0 aliphatic rings. The molecule has 0 fully saturated rings. The number of halogens is 4. The summed E-state index contributed by atoms with van der Waals surface area (Å²) in [5.74, 6) is 0.474. The summed E-state index contributed by atoms with van der Waals surface area (Å²) in [6.45, 7) is 8.54. The molecule has 0 unspecified atom stereocenters. The molecule has 1 aromatic carbocycles. The molecule has 0 amide bonds. The van der Waals surface area contributed by atoms with E-state index in [1.807, 2.05) is 13.8 Å². The third-order valence-corrected chi connectivity index (χ3v) is 6.66. The van der Waals surface area contributed by atoms with Crippen molar-refractivity contribution >= 4 is 21.6 Å². The van der Waals surface area contributed by atoms with Gasteiger partial charge < -0.3 is 4.52 Å². The van der Waals surface area contributed by atoms with Crippen molar-refractivity contribution in [2.75, 3.05) is 0 Å². The first-order chi connectivity index (χ1) is 12.8. The molecule has 1 atom stereocenters. The van der Waals surface area contributed by atoms with Gasteiger partial charge in [0.05, 0.1) is 16.6 Å². The van der Waals surface area contributed by atoms with Crippen LogP contribution in [0, 0.1) is 0 Å². The quantitative estimate of drug-likeness (QED) is 0.631. The molecule has 6 nitrogen and oxygen atoms in total. The molecule has 28 heavy (non-hydrogen) atoms. The molecule has 11 heteroatoms. The highest BCUT2D eigenvalue weighted by molar-refractivity contribution is 7.89. The molecule has 0 aliphatic carbocycles. The summed E-state index contributed by atoms with van der Waals surface area (Å²) in [7, 11) is -4.24. The summed E-state index contributed by atoms with van der Waals surface area (Å²) in [6.07, 6.45) is -4.63. The summed E-state index contributed by atoms with van der Waals surface area (Å²) >= 11 is 5.91. The van der Waals surface area contributed by atoms with Crippen molar-refractivity contribution in [1.29, 1.82) is 0 Å². The monoisotopic (exact) mass is 439 g/mol. The summed E-state index contributed by atoms with van der Waals surface area (Å²) < 4.78 is 71.2. The fourth-order valence-electron chi connectivity index (χ4n) is 2.70. The van der Waals surface area contributed by atoms with Gasteiger partial charge in [-0.15, -0.1) is 0 Å². The second-order valence-electron chi connectivity index (χ2n) is 6.89. The largest absolute Gasteiger partial charge is 0.416 e. The zero-order valence-electron chi connectivity index (χ0n) is 16.0. The van der Waals surface area contributed by atoms with Gasteiger partial charge >= 0.3 is 6.18 Å². The van der Waals surface area contributed by atoms with E-state index >= 15 is 0 Å². The maximum Gasteiger partial charge on any atom is 0.416 e. The van der Waals surface area contributed by atoms with E-state index in [1.54, 1.807) is 20.8 Å². The van der Waals surface area contributed by atoms with Gasteiger partial charge in [0, 0.05) is 12.0 Å². The molecule has 0 aliphatic heterocycles. The van der Waals surface area contributed by atoms with Crippen LogP contribution in [0.4, 0.5) is 13.2 Å². The van der Waals surface area contributed by atoms with Gasteiger partial charge in [-0.3, -0.25) is 0 Å². The summed E-state index contributed by atoms with van der Waals surface area (Å²) in [5.41, 5.74) is -1.03. The first-order valence-corrected chi connectivity index (χ1v) is 10.3. The van der Waals surface area contributed by atoms with Crippen LogP contribution in [0.15, 0.2) is 27.6 Å². The van der Waals surface area contributed by atoms with E-state index in [0.29, 0.717) is 18.0 Å². The van der Waals surface area contributed by atoms with Gasteiger partial charge in [-0.05, 0) is 39.0 Å². The highest BCUT2D eigenvalue weighted by atomic mass is 35.5. The Morgan fingerprint density at radius 2 is 1.75 bits per heavy atom. The summed E-state index contributed by atoms with van der Waals surface area (Å²) in [6, 6.07) is 0.785. The molecule has 0 saturated heterocycles. The van der Waals surface area contributed by atoms with Crippen molar-refractivity contribution in [2.45, 2.75) is 63.7 Å². The normalized spacial score (nSPS) is 14.3. The van der Waals surface area contributed by atoms with E-state index < -0.39 is 43.8 Å². The van der Waals surface area contributed by atoms with Gasteiger partial charge in [0.15, 0.2) is 5.82 Å². The van der Waals surface area contributed by atoms with E-state index in [2.05, 4.69) is 10.1 Å². The smallest absolute Gasteiger partial charge is 0.339 e. The Hall–Kier alpha value is -1.65. The minimum Gasteiger partial charge on any atom is -0.339 e. The third kappa shape index (κ3) is 4.49. The standard InChI is InChI=1S/C17H21ClF3N3O3S/c1-9(2)16-22-15(23-27-16)11(5)24(10(3)4)28(25,26)14-7-6-12(8-13(14)18)17(19,20)21/h6-11H,1-5H3/t11-/m0/s1. The number of sulfonamides is 1. The van der Waals surface area contributed by atoms with Crippen molar-refractivity contribution in [1.82, 2.24) is 14.4 Å². The molecule has 1 aromatic heterocycles. The number of nitrogens with zero attached hydrogens (tertiary/aromatic N) is 3. The lowest BCUT2D eigenvalue weighted by Crippen LogP contribution is -2.39. The van der Waals surface area contributed by atoms with Crippen LogP contribution in [0.25, 0.3) is 0 Å². The Kier molecular flexibility index (Phi) is 6.47. The number of hydrogen-bond donors (Lipinski definition) is 0. The van der Waals surface area contributed by atoms with E-state index in [1.165, 1.54) is 0 Å².